The topological polar surface area (TPSA) is 30.0 Å². The number of hydrogen-bond donors (Lipinski definition) is 0. The highest BCUT2D eigenvalue weighted by molar-refractivity contribution is 5.93. The lowest BCUT2D eigenvalue weighted by molar-refractivity contribution is 0.101. The molecule has 1 heterocycles. The van der Waals surface area contributed by atoms with Crippen LogP contribution >= 0.6 is 0 Å². The van der Waals surface area contributed by atoms with Gasteiger partial charge in [-0.05, 0) is 24.0 Å². The minimum atomic E-state index is 0.0540. The maximum atomic E-state index is 11.1. The van der Waals surface area contributed by atoms with Gasteiger partial charge in [-0.1, -0.05) is 20.8 Å². The standard InChI is InChI=1S/C11H15NO/c1-8(13)9-5-10(7-12-6-9)11(2,3)4/h5-7H,1-4H3. The Labute approximate surface area is 79.0 Å². The van der Waals surface area contributed by atoms with E-state index in [-0.39, 0.29) is 11.2 Å². The zero-order valence-corrected chi connectivity index (χ0v) is 8.59. The van der Waals surface area contributed by atoms with Crippen LogP contribution in [0, 0.1) is 0 Å². The van der Waals surface area contributed by atoms with Crippen molar-refractivity contribution in [2.45, 2.75) is 33.1 Å². The van der Waals surface area contributed by atoms with Crippen LogP contribution in [0.15, 0.2) is 18.5 Å². The second-order valence-corrected chi connectivity index (χ2v) is 4.27. The first-order valence-corrected chi connectivity index (χ1v) is 4.38. The maximum absolute atomic E-state index is 11.1. The molecule has 0 aliphatic carbocycles. The molecule has 13 heavy (non-hydrogen) atoms. The van der Waals surface area contributed by atoms with Gasteiger partial charge < -0.3 is 0 Å². The van der Waals surface area contributed by atoms with Gasteiger partial charge >= 0.3 is 0 Å². The summed E-state index contributed by atoms with van der Waals surface area (Å²) in [5.41, 5.74) is 1.84. The first-order chi connectivity index (χ1) is 5.91. The normalized spacial score (nSPS) is 11.4. The third-order valence-electron chi connectivity index (χ3n) is 2.01. The van der Waals surface area contributed by atoms with Gasteiger partial charge in [-0.2, -0.15) is 0 Å². The fourth-order valence-electron chi connectivity index (χ4n) is 1.04. The summed E-state index contributed by atoms with van der Waals surface area (Å²) >= 11 is 0. The van der Waals surface area contributed by atoms with Gasteiger partial charge in [-0.3, -0.25) is 9.78 Å². The van der Waals surface area contributed by atoms with Crippen molar-refractivity contribution >= 4 is 5.78 Å². The van der Waals surface area contributed by atoms with E-state index >= 15 is 0 Å². The Morgan fingerprint density at radius 2 is 1.92 bits per heavy atom. The summed E-state index contributed by atoms with van der Waals surface area (Å²) in [4.78, 5) is 15.1. The van der Waals surface area contributed by atoms with Crippen molar-refractivity contribution in [2.24, 2.45) is 0 Å². The third-order valence-corrected chi connectivity index (χ3v) is 2.01. The van der Waals surface area contributed by atoms with E-state index in [0.717, 1.165) is 5.56 Å². The zero-order valence-electron chi connectivity index (χ0n) is 8.59. The van der Waals surface area contributed by atoms with Gasteiger partial charge in [0, 0.05) is 18.0 Å². The second kappa shape index (κ2) is 3.29. The molecule has 0 saturated carbocycles. The molecular formula is C11H15NO. The van der Waals surface area contributed by atoms with E-state index in [1.807, 2.05) is 12.3 Å². The van der Waals surface area contributed by atoms with Crippen LogP contribution in [0.3, 0.4) is 0 Å². The lowest BCUT2D eigenvalue weighted by Crippen LogP contribution is -2.12. The number of Topliss-reactive ketones (excluding diaryl/α,β-unsaturated/α-hetero) is 1. The number of nitrogens with zero attached hydrogens (tertiary/aromatic N) is 1. The van der Waals surface area contributed by atoms with Gasteiger partial charge in [0.15, 0.2) is 5.78 Å². The molecule has 1 rings (SSSR count). The number of ketones is 1. The number of carbonyl (C=O) groups is 1. The predicted molar refractivity (Wildman–Crippen MR) is 52.9 cm³/mol. The minimum Gasteiger partial charge on any atom is -0.294 e. The summed E-state index contributed by atoms with van der Waals surface area (Å²) in [7, 11) is 0. The molecule has 0 aromatic carbocycles. The summed E-state index contributed by atoms with van der Waals surface area (Å²) < 4.78 is 0. The molecule has 0 saturated heterocycles. The smallest absolute Gasteiger partial charge is 0.161 e. The number of hydrogen-bond acceptors (Lipinski definition) is 2. The number of rotatable bonds is 1. The quantitative estimate of drug-likeness (QED) is 0.617. The fraction of sp³-hybridized carbons (Fsp3) is 0.455. The molecule has 1 aromatic rings. The summed E-state index contributed by atoms with van der Waals surface area (Å²) in [6, 6.07) is 1.91. The van der Waals surface area contributed by atoms with Crippen LogP contribution in [0.25, 0.3) is 0 Å². The lowest BCUT2D eigenvalue weighted by Gasteiger charge is -2.18. The van der Waals surface area contributed by atoms with Crippen molar-refractivity contribution < 1.29 is 4.79 Å². The second-order valence-electron chi connectivity index (χ2n) is 4.27. The van der Waals surface area contributed by atoms with Gasteiger partial charge in [-0.15, -0.1) is 0 Å². The molecule has 0 N–H and O–H groups in total. The predicted octanol–water partition coefficient (Wildman–Crippen LogP) is 2.58. The third kappa shape index (κ3) is 2.38. The van der Waals surface area contributed by atoms with Gasteiger partial charge in [0.25, 0.3) is 0 Å². The van der Waals surface area contributed by atoms with E-state index in [0.29, 0.717) is 5.56 Å². The summed E-state index contributed by atoms with van der Waals surface area (Å²) in [6.45, 7) is 7.87. The molecule has 0 fully saturated rings. The lowest BCUT2D eigenvalue weighted by atomic mass is 9.87. The van der Waals surface area contributed by atoms with Crippen molar-refractivity contribution in [3.8, 4) is 0 Å². The van der Waals surface area contributed by atoms with Crippen LogP contribution in [0.4, 0.5) is 0 Å². The number of pyridine rings is 1. The van der Waals surface area contributed by atoms with Gasteiger partial charge in [0.1, 0.15) is 0 Å². The molecule has 0 radical (unpaired) electrons. The maximum Gasteiger partial charge on any atom is 0.161 e. The molecule has 0 unspecified atom stereocenters. The zero-order chi connectivity index (χ0) is 10.1. The Hall–Kier alpha value is -1.18. The van der Waals surface area contributed by atoms with Gasteiger partial charge in [-0.25, -0.2) is 0 Å². The van der Waals surface area contributed by atoms with E-state index < -0.39 is 0 Å². The monoisotopic (exact) mass is 177 g/mol. The molecule has 0 spiro atoms. The first-order valence-electron chi connectivity index (χ1n) is 4.38. The average molecular weight is 177 g/mol. The molecule has 0 amide bonds. The highest BCUT2D eigenvalue weighted by Crippen LogP contribution is 2.21. The van der Waals surface area contributed by atoms with Crippen LogP contribution in [-0.4, -0.2) is 10.8 Å². The summed E-state index contributed by atoms with van der Waals surface area (Å²) in [5.74, 6) is 0.0681. The largest absolute Gasteiger partial charge is 0.294 e. The van der Waals surface area contributed by atoms with Crippen molar-refractivity contribution in [1.82, 2.24) is 4.98 Å². The average Bonchev–Trinajstić information content (AvgIpc) is 2.03. The van der Waals surface area contributed by atoms with Crippen LogP contribution in [0.5, 0.6) is 0 Å². The van der Waals surface area contributed by atoms with Crippen molar-refractivity contribution in [3.05, 3.63) is 29.6 Å². The fourth-order valence-corrected chi connectivity index (χ4v) is 1.04. The highest BCUT2D eigenvalue weighted by Gasteiger charge is 2.14. The molecule has 70 valence electrons. The molecule has 2 heteroatoms. The molecule has 1 aromatic heterocycles. The van der Waals surface area contributed by atoms with E-state index in [1.54, 1.807) is 13.1 Å². The SMILES string of the molecule is CC(=O)c1cncc(C(C)(C)C)c1. The summed E-state index contributed by atoms with van der Waals surface area (Å²) in [5, 5.41) is 0. The Balaban J connectivity index is 3.13. The molecular weight excluding hydrogens is 162 g/mol. The van der Waals surface area contributed by atoms with Crippen LogP contribution in [0.1, 0.15) is 43.6 Å². The molecule has 2 nitrogen and oxygen atoms in total. The Kier molecular flexibility index (Phi) is 2.50. The number of aromatic nitrogens is 1. The molecule has 0 bridgehead atoms. The molecule has 0 atom stereocenters. The van der Waals surface area contributed by atoms with Gasteiger partial charge in [0.2, 0.25) is 0 Å². The Bertz CT molecular complexity index is 323. The van der Waals surface area contributed by atoms with E-state index in [1.165, 1.54) is 0 Å². The van der Waals surface area contributed by atoms with Crippen molar-refractivity contribution in [2.75, 3.05) is 0 Å². The van der Waals surface area contributed by atoms with E-state index in [4.69, 9.17) is 0 Å². The van der Waals surface area contributed by atoms with Crippen LogP contribution < -0.4 is 0 Å². The molecule has 0 aliphatic rings. The van der Waals surface area contributed by atoms with E-state index in [9.17, 15) is 4.79 Å². The Morgan fingerprint density at radius 3 is 2.38 bits per heavy atom. The number of carbonyl (C=O) groups excluding carboxylic acids is 1. The molecule has 0 aliphatic heterocycles. The van der Waals surface area contributed by atoms with Crippen LogP contribution in [0.2, 0.25) is 0 Å². The van der Waals surface area contributed by atoms with Gasteiger partial charge in [0.05, 0.1) is 0 Å². The highest BCUT2D eigenvalue weighted by atomic mass is 16.1. The first kappa shape index (κ1) is 9.90. The van der Waals surface area contributed by atoms with Crippen molar-refractivity contribution in [1.29, 1.82) is 0 Å². The van der Waals surface area contributed by atoms with Crippen molar-refractivity contribution in [3.63, 3.8) is 0 Å². The minimum absolute atomic E-state index is 0.0540. The van der Waals surface area contributed by atoms with Crippen LogP contribution in [-0.2, 0) is 5.41 Å². The van der Waals surface area contributed by atoms with E-state index in [2.05, 4.69) is 25.8 Å². The Morgan fingerprint density at radius 1 is 1.31 bits per heavy atom. The summed E-state index contributed by atoms with van der Waals surface area (Å²) in [6.07, 6.45) is 3.42.